The van der Waals surface area contributed by atoms with Crippen LogP contribution in [0.5, 0.6) is 0 Å². The van der Waals surface area contributed by atoms with Gasteiger partial charge in [-0.3, -0.25) is 0 Å². The molecule has 0 bridgehead atoms. The number of rotatable bonds is 1. The lowest BCUT2D eigenvalue weighted by atomic mass is 9.74. The first-order valence-corrected chi connectivity index (χ1v) is 8.14. The monoisotopic (exact) mass is 298 g/mol. The van der Waals surface area contributed by atoms with Gasteiger partial charge in [0.15, 0.2) is 0 Å². The van der Waals surface area contributed by atoms with E-state index in [2.05, 4.69) is 0 Å². The summed E-state index contributed by atoms with van der Waals surface area (Å²) in [6.45, 7) is 6.36. The molecule has 0 aromatic carbocycles. The molecule has 1 amide bonds. The maximum atomic E-state index is 12.2. The van der Waals surface area contributed by atoms with E-state index in [1.165, 1.54) is 12.8 Å². The molecule has 1 unspecified atom stereocenters. The summed E-state index contributed by atoms with van der Waals surface area (Å²) in [4.78, 5) is 13.8. The molecule has 3 N–H and O–H groups in total. The van der Waals surface area contributed by atoms with E-state index in [9.17, 15) is 9.90 Å². The lowest BCUT2D eigenvalue weighted by Crippen LogP contribution is -2.61. The molecule has 5 nitrogen and oxygen atoms in total. The molecule has 1 aliphatic carbocycles. The molecule has 1 saturated heterocycles. The smallest absolute Gasteiger partial charge is 0.410 e. The summed E-state index contributed by atoms with van der Waals surface area (Å²) in [6, 6.07) is 0. The number of nitrogens with zero attached hydrogens (tertiary/aromatic N) is 1. The van der Waals surface area contributed by atoms with Crippen LogP contribution in [-0.2, 0) is 4.74 Å². The fourth-order valence-corrected chi connectivity index (χ4v) is 3.51. The quantitative estimate of drug-likeness (QED) is 0.729. The third-order valence-corrected chi connectivity index (χ3v) is 4.82. The zero-order valence-corrected chi connectivity index (χ0v) is 13.7. The van der Waals surface area contributed by atoms with Crippen molar-refractivity contribution in [2.75, 3.05) is 13.1 Å². The Bertz CT molecular complexity index is 383. The standard InChI is InChI=1S/C16H30N2O3/c1-14(2,3)21-13(19)18-11-10-16(20,12-18)15(17)8-6-4-5-7-9-15/h20H,4-12,17H2,1-3H3. The number of hydrogen-bond acceptors (Lipinski definition) is 4. The molecule has 2 fully saturated rings. The van der Waals surface area contributed by atoms with Crippen LogP contribution in [0.25, 0.3) is 0 Å². The Morgan fingerprint density at radius 1 is 1.14 bits per heavy atom. The van der Waals surface area contributed by atoms with Crippen LogP contribution in [0.3, 0.4) is 0 Å². The maximum Gasteiger partial charge on any atom is 0.410 e. The molecule has 1 aliphatic heterocycles. The Morgan fingerprint density at radius 3 is 2.24 bits per heavy atom. The minimum Gasteiger partial charge on any atom is -0.444 e. The van der Waals surface area contributed by atoms with Gasteiger partial charge in [-0.25, -0.2) is 4.79 Å². The van der Waals surface area contributed by atoms with Crippen LogP contribution in [0.2, 0.25) is 0 Å². The normalized spacial score (nSPS) is 30.0. The van der Waals surface area contributed by atoms with Crippen molar-refractivity contribution in [3.63, 3.8) is 0 Å². The van der Waals surface area contributed by atoms with Crippen LogP contribution < -0.4 is 5.73 Å². The highest BCUT2D eigenvalue weighted by Gasteiger charge is 2.52. The predicted octanol–water partition coefficient (Wildman–Crippen LogP) is 2.41. The molecule has 0 radical (unpaired) electrons. The Kier molecular flexibility index (Phi) is 4.54. The number of ether oxygens (including phenoxy) is 1. The van der Waals surface area contributed by atoms with Gasteiger partial charge in [-0.15, -0.1) is 0 Å². The molecular formula is C16H30N2O3. The molecule has 2 rings (SSSR count). The number of carbonyl (C=O) groups excluding carboxylic acids is 1. The summed E-state index contributed by atoms with van der Waals surface area (Å²) in [6.07, 6.45) is 6.36. The molecule has 1 atom stereocenters. The number of aliphatic hydroxyl groups is 1. The van der Waals surface area contributed by atoms with E-state index in [1.807, 2.05) is 20.8 Å². The first kappa shape index (κ1) is 16.6. The molecule has 122 valence electrons. The lowest BCUT2D eigenvalue weighted by molar-refractivity contribution is -0.0368. The van der Waals surface area contributed by atoms with Gasteiger partial charge in [0.2, 0.25) is 0 Å². The van der Waals surface area contributed by atoms with Gasteiger partial charge in [0.25, 0.3) is 0 Å². The molecule has 1 heterocycles. The topological polar surface area (TPSA) is 75.8 Å². The van der Waals surface area contributed by atoms with E-state index in [0.29, 0.717) is 19.5 Å². The van der Waals surface area contributed by atoms with Crippen LogP contribution in [0.4, 0.5) is 4.79 Å². The Balaban J connectivity index is 2.03. The zero-order chi connectivity index (χ0) is 15.7. The summed E-state index contributed by atoms with van der Waals surface area (Å²) in [7, 11) is 0. The Morgan fingerprint density at radius 2 is 1.71 bits per heavy atom. The second kappa shape index (κ2) is 5.76. The van der Waals surface area contributed by atoms with E-state index in [1.54, 1.807) is 4.90 Å². The van der Waals surface area contributed by atoms with Crippen molar-refractivity contribution in [1.29, 1.82) is 0 Å². The summed E-state index contributed by atoms with van der Waals surface area (Å²) < 4.78 is 5.39. The van der Waals surface area contributed by atoms with Gasteiger partial charge in [-0.1, -0.05) is 25.7 Å². The van der Waals surface area contributed by atoms with Gasteiger partial charge in [-0.2, -0.15) is 0 Å². The van der Waals surface area contributed by atoms with Crippen LogP contribution in [0.15, 0.2) is 0 Å². The molecule has 2 aliphatic rings. The van der Waals surface area contributed by atoms with Crippen molar-refractivity contribution in [3.05, 3.63) is 0 Å². The number of hydrogen-bond donors (Lipinski definition) is 2. The van der Waals surface area contributed by atoms with Gasteiger partial charge >= 0.3 is 6.09 Å². The minimum absolute atomic E-state index is 0.290. The van der Waals surface area contributed by atoms with Crippen molar-refractivity contribution in [3.8, 4) is 0 Å². The summed E-state index contributed by atoms with van der Waals surface area (Å²) in [5, 5.41) is 11.0. The zero-order valence-electron chi connectivity index (χ0n) is 13.7. The fraction of sp³-hybridized carbons (Fsp3) is 0.938. The molecule has 0 aromatic rings. The van der Waals surface area contributed by atoms with Crippen LogP contribution in [-0.4, -0.2) is 45.9 Å². The minimum atomic E-state index is -0.978. The SMILES string of the molecule is CC(C)(C)OC(=O)N1CCC(O)(C2(N)CCCCCC2)C1. The van der Waals surface area contributed by atoms with Crippen molar-refractivity contribution < 1.29 is 14.6 Å². The average molecular weight is 298 g/mol. The van der Waals surface area contributed by atoms with Crippen molar-refractivity contribution in [2.45, 2.75) is 82.5 Å². The molecule has 1 saturated carbocycles. The fourth-order valence-electron chi connectivity index (χ4n) is 3.51. The molecular weight excluding hydrogens is 268 g/mol. The van der Waals surface area contributed by atoms with Crippen LogP contribution in [0, 0.1) is 0 Å². The first-order valence-electron chi connectivity index (χ1n) is 8.14. The highest BCUT2D eigenvalue weighted by Crippen LogP contribution is 2.39. The van der Waals surface area contributed by atoms with Crippen molar-refractivity contribution in [2.24, 2.45) is 5.73 Å². The van der Waals surface area contributed by atoms with Gasteiger partial charge in [0.05, 0.1) is 6.54 Å². The number of carbonyl (C=O) groups is 1. The van der Waals surface area contributed by atoms with Crippen molar-refractivity contribution >= 4 is 6.09 Å². The maximum absolute atomic E-state index is 12.2. The van der Waals surface area contributed by atoms with Crippen molar-refractivity contribution in [1.82, 2.24) is 4.90 Å². The predicted molar refractivity (Wildman–Crippen MR) is 82.0 cm³/mol. The summed E-state index contributed by atoms with van der Waals surface area (Å²) in [5.41, 5.74) is 4.50. The average Bonchev–Trinajstić information content (AvgIpc) is 2.62. The van der Waals surface area contributed by atoms with Gasteiger partial charge in [0, 0.05) is 12.1 Å². The summed E-state index contributed by atoms with van der Waals surface area (Å²) in [5.74, 6) is 0. The number of nitrogens with two attached hydrogens (primary N) is 1. The number of likely N-dealkylation sites (tertiary alicyclic amines) is 1. The number of amides is 1. The molecule has 0 aromatic heterocycles. The molecule has 0 spiro atoms. The van der Waals surface area contributed by atoms with E-state index < -0.39 is 16.7 Å². The van der Waals surface area contributed by atoms with Gasteiger partial charge < -0.3 is 20.5 Å². The Hall–Kier alpha value is -0.810. The van der Waals surface area contributed by atoms with Gasteiger partial charge in [-0.05, 0) is 40.0 Å². The third kappa shape index (κ3) is 3.69. The largest absolute Gasteiger partial charge is 0.444 e. The van der Waals surface area contributed by atoms with E-state index >= 15 is 0 Å². The molecule has 5 heteroatoms. The first-order chi connectivity index (χ1) is 9.65. The second-order valence-electron chi connectivity index (χ2n) is 7.75. The highest BCUT2D eigenvalue weighted by atomic mass is 16.6. The Labute approximate surface area is 127 Å². The third-order valence-electron chi connectivity index (χ3n) is 4.82. The molecule has 21 heavy (non-hydrogen) atoms. The van der Waals surface area contributed by atoms with E-state index in [4.69, 9.17) is 10.5 Å². The van der Waals surface area contributed by atoms with E-state index in [0.717, 1.165) is 25.7 Å². The second-order valence-corrected chi connectivity index (χ2v) is 7.75. The van der Waals surface area contributed by atoms with E-state index in [-0.39, 0.29) is 6.09 Å². The highest BCUT2D eigenvalue weighted by molar-refractivity contribution is 5.68. The van der Waals surface area contributed by atoms with Crippen LogP contribution >= 0.6 is 0 Å². The van der Waals surface area contributed by atoms with Crippen LogP contribution in [0.1, 0.15) is 65.7 Å². The number of β-amino-alcohol motifs (C(OH)–C–C–N with tert-alkyl or cyclic N) is 1. The summed E-state index contributed by atoms with van der Waals surface area (Å²) >= 11 is 0. The van der Waals surface area contributed by atoms with Gasteiger partial charge in [0.1, 0.15) is 11.2 Å². The lowest BCUT2D eigenvalue weighted by Gasteiger charge is -2.42.